The van der Waals surface area contributed by atoms with Crippen molar-refractivity contribution in [1.82, 2.24) is 10.6 Å². The van der Waals surface area contributed by atoms with Gasteiger partial charge >= 0.3 is 6.03 Å². The molecule has 1 unspecified atom stereocenters. The highest BCUT2D eigenvalue weighted by Crippen LogP contribution is 2.37. The van der Waals surface area contributed by atoms with E-state index < -0.39 is 23.3 Å². The summed E-state index contributed by atoms with van der Waals surface area (Å²) in [7, 11) is 0. The molecule has 1 aliphatic heterocycles. The molecule has 1 atom stereocenters. The second-order valence-electron chi connectivity index (χ2n) is 5.09. The topological polar surface area (TPSA) is 75.3 Å². The Morgan fingerprint density at radius 2 is 1.53 bits per heavy atom. The Bertz CT molecular complexity index is 330. The molecule has 1 fully saturated rings. The van der Waals surface area contributed by atoms with E-state index in [1.165, 1.54) is 0 Å². The van der Waals surface area contributed by atoms with Gasteiger partial charge in [0.05, 0.1) is 0 Å². The molecule has 4 amide bonds. The Morgan fingerprint density at radius 3 is 1.88 bits per heavy atom. The van der Waals surface area contributed by atoms with Crippen molar-refractivity contribution in [3.05, 3.63) is 0 Å². The molecule has 0 aromatic heterocycles. The van der Waals surface area contributed by atoms with Crippen molar-refractivity contribution in [1.29, 1.82) is 0 Å². The Balaban J connectivity index is 3.04. The number of imide groups is 2. The van der Waals surface area contributed by atoms with Crippen LogP contribution in [0.5, 0.6) is 0 Å². The second-order valence-corrected chi connectivity index (χ2v) is 5.09. The Morgan fingerprint density at radius 1 is 1.06 bits per heavy atom. The molecule has 17 heavy (non-hydrogen) atoms. The maximum absolute atomic E-state index is 12.0. The first kappa shape index (κ1) is 13.7. The third kappa shape index (κ3) is 2.33. The van der Waals surface area contributed by atoms with E-state index in [1.807, 2.05) is 20.8 Å². The van der Waals surface area contributed by atoms with Crippen LogP contribution < -0.4 is 10.6 Å². The third-order valence-electron chi connectivity index (χ3n) is 3.49. The van der Waals surface area contributed by atoms with Crippen LogP contribution in [-0.4, -0.2) is 17.8 Å². The lowest BCUT2D eigenvalue weighted by Crippen LogP contribution is -2.64. The molecule has 0 spiro atoms. The van der Waals surface area contributed by atoms with Crippen LogP contribution in [0.25, 0.3) is 0 Å². The van der Waals surface area contributed by atoms with Gasteiger partial charge in [-0.1, -0.05) is 27.7 Å². The van der Waals surface area contributed by atoms with Gasteiger partial charge in [-0.3, -0.25) is 20.2 Å². The van der Waals surface area contributed by atoms with Gasteiger partial charge in [0.15, 0.2) is 0 Å². The molecule has 0 radical (unpaired) electrons. The first-order valence-corrected chi connectivity index (χ1v) is 6.01. The van der Waals surface area contributed by atoms with E-state index >= 15 is 0 Å². The van der Waals surface area contributed by atoms with Gasteiger partial charge in [-0.15, -0.1) is 0 Å². The highest BCUT2D eigenvalue weighted by Gasteiger charge is 2.52. The Hall–Kier alpha value is -1.39. The lowest BCUT2D eigenvalue weighted by molar-refractivity contribution is -0.148. The van der Waals surface area contributed by atoms with Crippen molar-refractivity contribution in [3.8, 4) is 0 Å². The molecule has 0 saturated carbocycles. The standard InChI is InChI=1S/C12H20N2O3/c1-5-12(8(4)6-7(2)3)9(15)13-11(17)14-10(12)16/h7-8H,5-6H2,1-4H3,(H2,13,14,15,16,17). The van der Waals surface area contributed by atoms with E-state index in [0.717, 1.165) is 6.42 Å². The van der Waals surface area contributed by atoms with Crippen molar-refractivity contribution in [2.24, 2.45) is 17.3 Å². The predicted molar refractivity (Wildman–Crippen MR) is 63.0 cm³/mol. The van der Waals surface area contributed by atoms with Crippen molar-refractivity contribution >= 4 is 17.8 Å². The summed E-state index contributed by atoms with van der Waals surface area (Å²) in [5, 5.41) is 4.39. The fraction of sp³-hybridized carbons (Fsp3) is 0.750. The van der Waals surface area contributed by atoms with E-state index in [0.29, 0.717) is 12.3 Å². The van der Waals surface area contributed by atoms with Crippen molar-refractivity contribution in [2.75, 3.05) is 0 Å². The summed E-state index contributed by atoms with van der Waals surface area (Å²) in [6.07, 6.45) is 1.16. The molecule has 0 aromatic rings. The Labute approximate surface area is 101 Å². The molecule has 2 N–H and O–H groups in total. The number of carbonyl (C=O) groups excluding carboxylic acids is 3. The molecular formula is C12H20N2O3. The quantitative estimate of drug-likeness (QED) is 0.730. The minimum Gasteiger partial charge on any atom is -0.277 e. The number of barbiturate groups is 1. The lowest BCUT2D eigenvalue weighted by Gasteiger charge is -2.38. The fourth-order valence-corrected chi connectivity index (χ4v) is 2.59. The summed E-state index contributed by atoms with van der Waals surface area (Å²) in [4.78, 5) is 35.1. The van der Waals surface area contributed by atoms with Crippen molar-refractivity contribution in [2.45, 2.75) is 40.5 Å². The molecule has 0 aliphatic carbocycles. The van der Waals surface area contributed by atoms with Gasteiger partial charge in [-0.25, -0.2) is 4.79 Å². The van der Waals surface area contributed by atoms with Gasteiger partial charge in [-0.05, 0) is 24.7 Å². The van der Waals surface area contributed by atoms with Gasteiger partial charge in [0.25, 0.3) is 0 Å². The zero-order valence-electron chi connectivity index (χ0n) is 10.8. The first-order valence-electron chi connectivity index (χ1n) is 6.01. The molecule has 0 aromatic carbocycles. The highest BCUT2D eigenvalue weighted by atomic mass is 16.2. The van der Waals surface area contributed by atoms with Crippen LogP contribution in [0, 0.1) is 17.3 Å². The fourth-order valence-electron chi connectivity index (χ4n) is 2.59. The SMILES string of the molecule is CCC1(C(C)CC(C)C)C(=O)NC(=O)NC1=O. The molecule has 1 rings (SSSR count). The van der Waals surface area contributed by atoms with E-state index in [1.54, 1.807) is 6.92 Å². The molecule has 1 aliphatic rings. The summed E-state index contributed by atoms with van der Waals surface area (Å²) in [5.41, 5.74) is -1.11. The number of hydrogen-bond acceptors (Lipinski definition) is 3. The van der Waals surface area contributed by atoms with E-state index in [9.17, 15) is 14.4 Å². The number of urea groups is 1. The van der Waals surface area contributed by atoms with Crippen molar-refractivity contribution < 1.29 is 14.4 Å². The van der Waals surface area contributed by atoms with Crippen LogP contribution in [-0.2, 0) is 9.59 Å². The van der Waals surface area contributed by atoms with Crippen LogP contribution in [0.1, 0.15) is 40.5 Å². The molecule has 5 heteroatoms. The van der Waals surface area contributed by atoms with Crippen molar-refractivity contribution in [3.63, 3.8) is 0 Å². The normalized spacial score (nSPS) is 21.1. The van der Waals surface area contributed by atoms with E-state index in [4.69, 9.17) is 0 Å². The summed E-state index contributed by atoms with van der Waals surface area (Å²) < 4.78 is 0. The molecule has 5 nitrogen and oxygen atoms in total. The maximum Gasteiger partial charge on any atom is 0.328 e. The average Bonchev–Trinajstić information content (AvgIpc) is 2.16. The largest absolute Gasteiger partial charge is 0.328 e. The predicted octanol–water partition coefficient (Wildman–Crippen LogP) is 1.43. The summed E-state index contributed by atoms with van der Waals surface area (Å²) in [5.74, 6) is -0.643. The minimum atomic E-state index is -1.11. The van der Waals surface area contributed by atoms with Crippen LogP contribution in [0.4, 0.5) is 4.79 Å². The van der Waals surface area contributed by atoms with Gasteiger partial charge < -0.3 is 0 Å². The number of amides is 4. The zero-order chi connectivity index (χ0) is 13.2. The van der Waals surface area contributed by atoms with Crippen LogP contribution in [0.3, 0.4) is 0 Å². The zero-order valence-corrected chi connectivity index (χ0v) is 10.8. The molecule has 1 heterocycles. The maximum atomic E-state index is 12.0. The molecule has 96 valence electrons. The highest BCUT2D eigenvalue weighted by molar-refractivity contribution is 6.19. The first-order chi connectivity index (χ1) is 7.84. The van der Waals surface area contributed by atoms with E-state index in [-0.39, 0.29) is 5.92 Å². The van der Waals surface area contributed by atoms with Crippen LogP contribution in [0.2, 0.25) is 0 Å². The van der Waals surface area contributed by atoms with Gasteiger partial charge in [0.1, 0.15) is 5.41 Å². The summed E-state index contributed by atoms with van der Waals surface area (Å²) in [6, 6.07) is -0.721. The van der Waals surface area contributed by atoms with Gasteiger partial charge in [0.2, 0.25) is 11.8 Å². The third-order valence-corrected chi connectivity index (χ3v) is 3.49. The smallest absolute Gasteiger partial charge is 0.277 e. The second kappa shape index (κ2) is 4.85. The minimum absolute atomic E-state index is 0.0967. The van der Waals surface area contributed by atoms with Gasteiger partial charge in [-0.2, -0.15) is 0 Å². The number of hydrogen-bond donors (Lipinski definition) is 2. The van der Waals surface area contributed by atoms with E-state index in [2.05, 4.69) is 10.6 Å². The average molecular weight is 240 g/mol. The summed E-state index contributed by atoms with van der Waals surface area (Å²) >= 11 is 0. The van der Waals surface area contributed by atoms with Gasteiger partial charge in [0, 0.05) is 0 Å². The Kier molecular flexibility index (Phi) is 3.91. The number of carbonyl (C=O) groups is 3. The van der Waals surface area contributed by atoms with Crippen LogP contribution in [0.15, 0.2) is 0 Å². The summed E-state index contributed by atoms with van der Waals surface area (Å²) in [6.45, 7) is 7.78. The molecule has 1 saturated heterocycles. The van der Waals surface area contributed by atoms with Crippen LogP contribution >= 0.6 is 0 Å². The lowest BCUT2D eigenvalue weighted by atomic mass is 9.69. The molecule has 0 bridgehead atoms. The monoisotopic (exact) mass is 240 g/mol. The number of rotatable bonds is 4. The molecular weight excluding hydrogens is 220 g/mol. The number of nitrogens with one attached hydrogen (secondary N) is 2.